The van der Waals surface area contributed by atoms with Crippen LogP contribution < -0.4 is 5.73 Å². The standard InChI is InChI=1S/C13H19IN6/c1-13(2,3)19-5-4-8(6-19)20-12-9(10(14)18-20)11(15)16-7-17-12/h7-8H,4-6H2,1-3H3,(H2,15,16,17). The van der Waals surface area contributed by atoms with Crippen molar-refractivity contribution in [3.63, 3.8) is 0 Å². The molecule has 1 aliphatic heterocycles. The van der Waals surface area contributed by atoms with E-state index < -0.39 is 0 Å². The molecule has 0 spiro atoms. The Morgan fingerprint density at radius 1 is 1.35 bits per heavy atom. The van der Waals surface area contributed by atoms with Crippen molar-refractivity contribution in [1.82, 2.24) is 24.6 Å². The van der Waals surface area contributed by atoms with Crippen molar-refractivity contribution < 1.29 is 0 Å². The number of nitrogen functional groups attached to an aromatic ring is 1. The summed E-state index contributed by atoms with van der Waals surface area (Å²) in [7, 11) is 0. The highest BCUT2D eigenvalue weighted by Gasteiger charge is 2.32. The van der Waals surface area contributed by atoms with Gasteiger partial charge >= 0.3 is 0 Å². The van der Waals surface area contributed by atoms with Crippen molar-refractivity contribution in [2.45, 2.75) is 38.8 Å². The highest BCUT2D eigenvalue weighted by Crippen LogP contribution is 2.31. The van der Waals surface area contributed by atoms with Gasteiger partial charge in [0, 0.05) is 18.6 Å². The molecule has 1 fully saturated rings. The maximum atomic E-state index is 5.95. The number of nitrogens with two attached hydrogens (primary N) is 1. The summed E-state index contributed by atoms with van der Waals surface area (Å²) in [5, 5.41) is 5.52. The predicted molar refractivity (Wildman–Crippen MR) is 87.4 cm³/mol. The van der Waals surface area contributed by atoms with E-state index in [-0.39, 0.29) is 5.54 Å². The van der Waals surface area contributed by atoms with E-state index in [4.69, 9.17) is 5.73 Å². The largest absolute Gasteiger partial charge is 0.383 e. The summed E-state index contributed by atoms with van der Waals surface area (Å²) in [5.41, 5.74) is 6.99. The van der Waals surface area contributed by atoms with Gasteiger partial charge in [-0.3, -0.25) is 4.90 Å². The Kier molecular flexibility index (Phi) is 3.36. The summed E-state index contributed by atoms with van der Waals surface area (Å²) in [6, 6.07) is 0.356. The lowest BCUT2D eigenvalue weighted by molar-refractivity contribution is 0.168. The van der Waals surface area contributed by atoms with Crippen molar-refractivity contribution in [3.05, 3.63) is 10.0 Å². The van der Waals surface area contributed by atoms with Gasteiger partial charge in [-0.1, -0.05) is 0 Å². The first kappa shape index (κ1) is 14.0. The Morgan fingerprint density at radius 3 is 2.75 bits per heavy atom. The van der Waals surface area contributed by atoms with Crippen LogP contribution >= 0.6 is 22.6 Å². The number of hydrogen-bond donors (Lipinski definition) is 1. The van der Waals surface area contributed by atoms with Crippen molar-refractivity contribution in [3.8, 4) is 0 Å². The van der Waals surface area contributed by atoms with Crippen LogP contribution in [-0.2, 0) is 0 Å². The molecule has 0 saturated carbocycles. The van der Waals surface area contributed by atoms with Gasteiger partial charge in [-0.25, -0.2) is 14.6 Å². The molecule has 3 heterocycles. The van der Waals surface area contributed by atoms with E-state index in [0.717, 1.165) is 34.2 Å². The summed E-state index contributed by atoms with van der Waals surface area (Å²) in [6.07, 6.45) is 2.61. The number of anilines is 1. The molecule has 0 amide bonds. The zero-order valence-electron chi connectivity index (χ0n) is 12.0. The second-order valence-electron chi connectivity index (χ2n) is 6.25. The Bertz CT molecular complexity index is 644. The van der Waals surface area contributed by atoms with Crippen LogP contribution in [0.1, 0.15) is 33.2 Å². The molecule has 0 aromatic carbocycles. The molecule has 108 valence electrons. The van der Waals surface area contributed by atoms with Crippen LogP contribution in [-0.4, -0.2) is 43.3 Å². The number of rotatable bonds is 1. The van der Waals surface area contributed by atoms with E-state index in [1.54, 1.807) is 0 Å². The second kappa shape index (κ2) is 4.80. The molecule has 3 rings (SSSR count). The fourth-order valence-corrected chi connectivity index (χ4v) is 3.51. The summed E-state index contributed by atoms with van der Waals surface area (Å²) < 4.78 is 2.91. The van der Waals surface area contributed by atoms with Crippen LogP contribution in [0.2, 0.25) is 0 Å². The second-order valence-corrected chi connectivity index (χ2v) is 7.27. The lowest BCUT2D eigenvalue weighted by Crippen LogP contribution is -2.39. The number of likely N-dealkylation sites (tertiary alicyclic amines) is 1. The highest BCUT2D eigenvalue weighted by molar-refractivity contribution is 14.1. The number of aromatic nitrogens is 4. The Balaban J connectivity index is 1.99. The molecular weight excluding hydrogens is 367 g/mol. The maximum absolute atomic E-state index is 5.95. The van der Waals surface area contributed by atoms with Crippen molar-refractivity contribution in [1.29, 1.82) is 0 Å². The molecule has 7 heteroatoms. The zero-order chi connectivity index (χ0) is 14.5. The molecule has 2 aromatic heterocycles. The average molecular weight is 386 g/mol. The lowest BCUT2D eigenvalue weighted by atomic mass is 10.1. The predicted octanol–water partition coefficient (Wildman–Crippen LogP) is 2.06. The summed E-state index contributed by atoms with van der Waals surface area (Å²) in [4.78, 5) is 10.9. The zero-order valence-corrected chi connectivity index (χ0v) is 14.1. The first-order valence-corrected chi connectivity index (χ1v) is 7.85. The van der Waals surface area contributed by atoms with Crippen molar-refractivity contribution in [2.75, 3.05) is 18.8 Å². The number of nitrogens with zero attached hydrogens (tertiary/aromatic N) is 5. The van der Waals surface area contributed by atoms with E-state index in [1.165, 1.54) is 6.33 Å². The van der Waals surface area contributed by atoms with Crippen LogP contribution in [0.4, 0.5) is 5.82 Å². The molecule has 1 saturated heterocycles. The average Bonchev–Trinajstić information content (AvgIpc) is 2.94. The van der Waals surface area contributed by atoms with E-state index in [2.05, 4.69) is 63.3 Å². The number of fused-ring (bicyclic) bond motifs is 1. The minimum Gasteiger partial charge on any atom is -0.383 e. The number of halogens is 1. The minimum atomic E-state index is 0.193. The third kappa shape index (κ3) is 2.26. The molecule has 20 heavy (non-hydrogen) atoms. The molecule has 2 aromatic rings. The fourth-order valence-electron chi connectivity index (χ4n) is 2.76. The van der Waals surface area contributed by atoms with Gasteiger partial charge in [-0.2, -0.15) is 5.10 Å². The summed E-state index contributed by atoms with van der Waals surface area (Å²) in [6.45, 7) is 8.84. The van der Waals surface area contributed by atoms with Gasteiger partial charge < -0.3 is 5.73 Å². The quantitative estimate of drug-likeness (QED) is 0.760. The fraction of sp³-hybridized carbons (Fsp3) is 0.615. The molecule has 2 N–H and O–H groups in total. The first-order valence-electron chi connectivity index (χ1n) is 6.77. The first-order chi connectivity index (χ1) is 9.38. The monoisotopic (exact) mass is 386 g/mol. The van der Waals surface area contributed by atoms with Crippen LogP contribution in [0.5, 0.6) is 0 Å². The molecule has 0 radical (unpaired) electrons. The van der Waals surface area contributed by atoms with Gasteiger partial charge in [-0.15, -0.1) is 0 Å². The van der Waals surface area contributed by atoms with Crippen molar-refractivity contribution >= 4 is 39.4 Å². The third-order valence-electron chi connectivity index (χ3n) is 3.93. The topological polar surface area (TPSA) is 72.9 Å². The highest BCUT2D eigenvalue weighted by atomic mass is 127. The van der Waals surface area contributed by atoms with E-state index >= 15 is 0 Å². The molecule has 0 bridgehead atoms. The van der Waals surface area contributed by atoms with Crippen molar-refractivity contribution in [2.24, 2.45) is 0 Å². The molecule has 0 aliphatic carbocycles. The Morgan fingerprint density at radius 2 is 2.10 bits per heavy atom. The SMILES string of the molecule is CC(C)(C)N1CCC(n2nc(I)c3c(N)ncnc32)C1. The van der Waals surface area contributed by atoms with Gasteiger partial charge in [0.05, 0.1) is 11.4 Å². The smallest absolute Gasteiger partial charge is 0.164 e. The van der Waals surface area contributed by atoms with Crippen LogP contribution in [0.25, 0.3) is 11.0 Å². The van der Waals surface area contributed by atoms with Gasteiger partial charge in [0.25, 0.3) is 0 Å². The van der Waals surface area contributed by atoms with Gasteiger partial charge in [0.2, 0.25) is 0 Å². The number of hydrogen-bond acceptors (Lipinski definition) is 5. The van der Waals surface area contributed by atoms with E-state index in [0.29, 0.717) is 11.9 Å². The van der Waals surface area contributed by atoms with E-state index in [1.807, 2.05) is 4.68 Å². The van der Waals surface area contributed by atoms with E-state index in [9.17, 15) is 0 Å². The van der Waals surface area contributed by atoms with Crippen LogP contribution in [0.3, 0.4) is 0 Å². The molecule has 1 atom stereocenters. The van der Waals surface area contributed by atoms with Gasteiger partial charge in [0.1, 0.15) is 15.8 Å². The Labute approximate surface area is 131 Å². The molecule has 1 unspecified atom stereocenters. The maximum Gasteiger partial charge on any atom is 0.164 e. The van der Waals surface area contributed by atoms with Gasteiger partial charge in [0.15, 0.2) is 5.65 Å². The summed E-state index contributed by atoms with van der Waals surface area (Å²) >= 11 is 2.21. The lowest BCUT2D eigenvalue weighted by Gasteiger charge is -2.31. The van der Waals surface area contributed by atoms with Crippen LogP contribution in [0, 0.1) is 3.70 Å². The molecular formula is C13H19IN6. The molecule has 1 aliphatic rings. The molecule has 6 nitrogen and oxygen atoms in total. The third-order valence-corrected chi connectivity index (χ3v) is 4.69. The van der Waals surface area contributed by atoms with Gasteiger partial charge in [-0.05, 0) is 49.8 Å². The van der Waals surface area contributed by atoms with Crippen LogP contribution in [0.15, 0.2) is 6.33 Å². The normalized spacial score (nSPS) is 20.9. The minimum absolute atomic E-state index is 0.193. The summed E-state index contributed by atoms with van der Waals surface area (Å²) in [5.74, 6) is 0.510. The Hall–Kier alpha value is -0.960.